The number of rotatable bonds is 7. The van der Waals surface area contributed by atoms with Crippen molar-refractivity contribution in [1.82, 2.24) is 9.97 Å². The second-order valence-corrected chi connectivity index (χ2v) is 13.1. The molecule has 210 valence electrons. The van der Waals surface area contributed by atoms with Crippen LogP contribution in [-0.4, -0.2) is 60.7 Å². The molecule has 39 heavy (non-hydrogen) atoms. The van der Waals surface area contributed by atoms with Crippen molar-refractivity contribution in [3.05, 3.63) is 53.6 Å². The molecule has 0 unspecified atom stereocenters. The van der Waals surface area contributed by atoms with Crippen LogP contribution in [0.2, 0.25) is 0 Å². The summed E-state index contributed by atoms with van der Waals surface area (Å²) in [5.41, 5.74) is 1.89. The molecule has 2 aromatic rings. The summed E-state index contributed by atoms with van der Waals surface area (Å²) in [6.07, 6.45) is 11.3. The summed E-state index contributed by atoms with van der Waals surface area (Å²) < 4.78 is 44.7. The predicted octanol–water partition coefficient (Wildman–Crippen LogP) is 5.55. The molecule has 2 aliphatic heterocycles. The van der Waals surface area contributed by atoms with E-state index >= 15 is 0 Å². The number of sulfone groups is 1. The van der Waals surface area contributed by atoms with Gasteiger partial charge in [-0.05, 0) is 81.0 Å². The molecule has 8 nitrogen and oxygen atoms in total. The van der Waals surface area contributed by atoms with E-state index in [2.05, 4.69) is 38.7 Å². The van der Waals surface area contributed by atoms with Gasteiger partial charge >= 0.3 is 0 Å². The number of thioether (sulfide) groups is 1. The van der Waals surface area contributed by atoms with Gasteiger partial charge in [-0.25, -0.2) is 32.8 Å². The summed E-state index contributed by atoms with van der Waals surface area (Å²) in [5.74, 6) is 0.546. The van der Waals surface area contributed by atoms with Crippen LogP contribution in [0.25, 0.3) is 5.70 Å². The molecule has 0 aliphatic carbocycles. The maximum Gasteiger partial charge on any atom is 0.252 e. The standard InChI is InChI=1S/C28H36FN5O3S2/c1-5-7-21-17-31-27(32-18-21)34-14-11-22(12-15-34)19(2)37-28-30-13-6-8-26(33-20(3)38-28)24-10-9-23(16-25(24)29)39(4,35)36/h8-10,16-19,22H,5-7,11-15H2,1-4H3/b26-8-,30-28?,33-20?/t19-/m0/s1. The van der Waals surface area contributed by atoms with Crippen LogP contribution >= 0.6 is 11.8 Å². The Morgan fingerprint density at radius 1 is 1.21 bits per heavy atom. The number of hydrogen-bond acceptors (Lipinski definition) is 9. The van der Waals surface area contributed by atoms with Gasteiger partial charge in [0.15, 0.2) is 9.84 Å². The van der Waals surface area contributed by atoms with E-state index in [1.165, 1.54) is 29.5 Å². The van der Waals surface area contributed by atoms with Gasteiger partial charge in [-0.2, -0.15) is 0 Å². The first-order valence-electron chi connectivity index (χ1n) is 13.3. The number of halogens is 1. The largest absolute Gasteiger partial charge is 0.469 e. The van der Waals surface area contributed by atoms with Crippen molar-refractivity contribution in [3.8, 4) is 0 Å². The summed E-state index contributed by atoms with van der Waals surface area (Å²) in [4.78, 5) is 20.6. The fourth-order valence-electron chi connectivity index (χ4n) is 4.67. The third-order valence-corrected chi connectivity index (χ3v) is 8.77. The predicted molar refractivity (Wildman–Crippen MR) is 157 cm³/mol. The molecular weight excluding hydrogens is 537 g/mol. The zero-order valence-corrected chi connectivity index (χ0v) is 24.6. The number of nitrogens with zero attached hydrogens (tertiary/aromatic N) is 5. The normalized spacial score (nSPS) is 19.6. The van der Waals surface area contributed by atoms with Crippen molar-refractivity contribution in [3.63, 3.8) is 0 Å². The molecular formula is C28H36FN5O3S2. The molecule has 0 saturated carbocycles. The van der Waals surface area contributed by atoms with Crippen LogP contribution < -0.4 is 4.90 Å². The zero-order valence-electron chi connectivity index (χ0n) is 22.9. The van der Waals surface area contributed by atoms with Gasteiger partial charge in [0.2, 0.25) is 5.95 Å². The van der Waals surface area contributed by atoms with Gasteiger partial charge in [0.05, 0.1) is 15.6 Å². The summed E-state index contributed by atoms with van der Waals surface area (Å²) in [5, 5.41) is 1.22. The Morgan fingerprint density at radius 3 is 2.56 bits per heavy atom. The molecule has 3 heterocycles. The molecule has 0 radical (unpaired) electrons. The number of benzene rings is 1. The van der Waals surface area contributed by atoms with Gasteiger partial charge in [-0.1, -0.05) is 19.4 Å². The molecule has 1 aromatic carbocycles. The Hall–Kier alpha value is -2.79. The Morgan fingerprint density at radius 2 is 1.92 bits per heavy atom. The van der Waals surface area contributed by atoms with Crippen LogP contribution in [0.15, 0.2) is 51.5 Å². The minimum atomic E-state index is -3.49. The van der Waals surface area contributed by atoms with Crippen molar-refractivity contribution >= 4 is 43.5 Å². The van der Waals surface area contributed by atoms with Gasteiger partial charge in [0.25, 0.3) is 5.23 Å². The maximum atomic E-state index is 14.8. The van der Waals surface area contributed by atoms with E-state index in [4.69, 9.17) is 4.74 Å². The van der Waals surface area contributed by atoms with Gasteiger partial charge in [0.1, 0.15) is 11.9 Å². The fourth-order valence-corrected chi connectivity index (χ4v) is 6.06. The van der Waals surface area contributed by atoms with E-state index in [0.717, 1.165) is 57.0 Å². The first-order chi connectivity index (χ1) is 18.6. The van der Waals surface area contributed by atoms with E-state index in [0.29, 0.717) is 34.9 Å². The quantitative estimate of drug-likeness (QED) is 0.429. The molecule has 0 bridgehead atoms. The van der Waals surface area contributed by atoms with E-state index in [1.807, 2.05) is 25.4 Å². The third-order valence-electron chi connectivity index (χ3n) is 6.87. The van der Waals surface area contributed by atoms with Gasteiger partial charge in [0, 0.05) is 43.8 Å². The Labute approximate surface area is 234 Å². The average molecular weight is 574 g/mol. The second kappa shape index (κ2) is 13.0. The highest BCUT2D eigenvalue weighted by molar-refractivity contribution is 8.26. The summed E-state index contributed by atoms with van der Waals surface area (Å²) >= 11 is 1.33. The lowest BCUT2D eigenvalue weighted by Gasteiger charge is -2.34. The molecule has 1 saturated heterocycles. The lowest BCUT2D eigenvalue weighted by atomic mass is 9.92. The zero-order chi connectivity index (χ0) is 28.0. The van der Waals surface area contributed by atoms with Crippen molar-refractivity contribution in [2.45, 2.75) is 63.9 Å². The average Bonchev–Trinajstić information content (AvgIpc) is 2.99. The highest BCUT2D eigenvalue weighted by Gasteiger charge is 2.27. The van der Waals surface area contributed by atoms with Crippen LogP contribution in [0.3, 0.4) is 0 Å². The second-order valence-electron chi connectivity index (χ2n) is 9.96. The monoisotopic (exact) mass is 573 g/mol. The minimum absolute atomic E-state index is 0.0202. The molecule has 1 fully saturated rings. The number of anilines is 1. The molecule has 1 atom stereocenters. The van der Waals surface area contributed by atoms with E-state index in [9.17, 15) is 12.8 Å². The number of aliphatic imine (C=N–C) groups is 2. The summed E-state index contributed by atoms with van der Waals surface area (Å²) in [6.45, 7) is 8.30. The maximum absolute atomic E-state index is 14.8. The van der Waals surface area contributed by atoms with Crippen molar-refractivity contribution in [2.24, 2.45) is 15.9 Å². The molecule has 2 aliphatic rings. The van der Waals surface area contributed by atoms with Crippen LogP contribution in [0.1, 0.15) is 57.6 Å². The van der Waals surface area contributed by atoms with Crippen LogP contribution in [0, 0.1) is 11.7 Å². The lowest BCUT2D eigenvalue weighted by molar-refractivity contribution is 0.126. The van der Waals surface area contributed by atoms with Crippen molar-refractivity contribution in [1.29, 1.82) is 0 Å². The highest BCUT2D eigenvalue weighted by atomic mass is 32.2. The number of aromatic nitrogens is 2. The SMILES string of the molecule is CCCc1cnc(N2CCC([C@H](C)OC3=NCC/C=C(/c4ccc(S(C)(=O)=O)cc4F)N=C(C)S3)CC2)nc1. The van der Waals surface area contributed by atoms with Crippen molar-refractivity contribution in [2.75, 3.05) is 30.8 Å². The summed E-state index contributed by atoms with van der Waals surface area (Å²) in [6, 6.07) is 3.92. The van der Waals surface area contributed by atoms with Crippen LogP contribution in [0.4, 0.5) is 10.3 Å². The van der Waals surface area contributed by atoms with E-state index in [-0.39, 0.29) is 16.6 Å². The number of aryl methyl sites for hydroxylation is 1. The third kappa shape index (κ3) is 7.88. The molecule has 0 spiro atoms. The Balaban J connectivity index is 1.35. The number of piperidine rings is 1. The first-order valence-corrected chi connectivity index (χ1v) is 16.0. The molecule has 1 aromatic heterocycles. The lowest BCUT2D eigenvalue weighted by Crippen LogP contribution is -2.39. The molecule has 4 rings (SSSR count). The van der Waals surface area contributed by atoms with E-state index in [1.54, 1.807) is 0 Å². The molecule has 0 amide bonds. The van der Waals surface area contributed by atoms with Crippen LogP contribution in [0.5, 0.6) is 0 Å². The first kappa shape index (κ1) is 29.2. The Kier molecular flexibility index (Phi) is 9.76. The molecule has 11 heteroatoms. The Bertz CT molecular complexity index is 1350. The fraction of sp³-hybridized carbons (Fsp3) is 0.500. The van der Waals surface area contributed by atoms with E-state index < -0.39 is 15.7 Å². The van der Waals surface area contributed by atoms with Crippen molar-refractivity contribution < 1.29 is 17.5 Å². The van der Waals surface area contributed by atoms with Gasteiger partial charge < -0.3 is 9.64 Å². The van der Waals surface area contributed by atoms with Gasteiger partial charge in [-0.15, -0.1) is 0 Å². The summed E-state index contributed by atoms with van der Waals surface area (Å²) in [7, 11) is -3.49. The molecule has 0 N–H and O–H groups in total. The number of ether oxygens (including phenoxy) is 1. The number of hydrogen-bond donors (Lipinski definition) is 0. The highest BCUT2D eigenvalue weighted by Crippen LogP contribution is 2.29. The topological polar surface area (TPSA) is 97.1 Å². The van der Waals surface area contributed by atoms with Gasteiger partial charge in [-0.3, -0.25) is 0 Å². The minimum Gasteiger partial charge on any atom is -0.469 e. The van der Waals surface area contributed by atoms with Crippen LogP contribution in [-0.2, 0) is 21.0 Å². The smallest absolute Gasteiger partial charge is 0.252 e.